The zero-order valence-corrected chi connectivity index (χ0v) is 12.2. The number of nitrogens with zero attached hydrogens (tertiary/aromatic N) is 1. The van der Waals surface area contributed by atoms with E-state index in [2.05, 4.69) is 0 Å². The molecule has 110 valence electrons. The van der Waals surface area contributed by atoms with Crippen LogP contribution in [0.2, 0.25) is 5.02 Å². The van der Waals surface area contributed by atoms with Crippen LogP contribution in [0.4, 0.5) is 10.1 Å². The lowest BCUT2D eigenvalue weighted by Gasteiger charge is -2.09. The topological polar surface area (TPSA) is 52.4 Å². The first-order valence-corrected chi connectivity index (χ1v) is 6.82. The van der Waals surface area contributed by atoms with Crippen LogP contribution in [0.3, 0.4) is 0 Å². The summed E-state index contributed by atoms with van der Waals surface area (Å²) in [6.07, 6.45) is 0. The largest absolute Gasteiger partial charge is 0.482 e. The molecule has 0 N–H and O–H groups in total. The van der Waals surface area contributed by atoms with Gasteiger partial charge < -0.3 is 4.74 Å². The minimum atomic E-state index is -0.544. The van der Waals surface area contributed by atoms with Crippen molar-refractivity contribution in [2.45, 2.75) is 12.5 Å². The monoisotopic (exact) mass is 329 g/mol. The maximum atomic E-state index is 12.9. The van der Waals surface area contributed by atoms with Gasteiger partial charge in [0.2, 0.25) is 0 Å². The van der Waals surface area contributed by atoms with Crippen LogP contribution in [0.15, 0.2) is 36.4 Å². The lowest BCUT2D eigenvalue weighted by Crippen LogP contribution is -2.00. The molecule has 0 amide bonds. The maximum Gasteiger partial charge on any atom is 0.311 e. The summed E-state index contributed by atoms with van der Waals surface area (Å²) >= 11 is 11.5. The van der Waals surface area contributed by atoms with Crippen molar-refractivity contribution in [1.82, 2.24) is 0 Å². The summed E-state index contributed by atoms with van der Waals surface area (Å²) < 4.78 is 18.4. The normalized spacial score (nSPS) is 10.4. The number of rotatable bonds is 5. The lowest BCUT2D eigenvalue weighted by atomic mass is 10.2. The lowest BCUT2D eigenvalue weighted by molar-refractivity contribution is -0.386. The first kappa shape index (κ1) is 15.5. The first-order chi connectivity index (χ1) is 10.0. The van der Waals surface area contributed by atoms with Gasteiger partial charge in [0.25, 0.3) is 0 Å². The molecule has 0 aliphatic rings. The van der Waals surface area contributed by atoms with Gasteiger partial charge in [-0.25, -0.2) is 4.39 Å². The number of halogens is 3. The average molecular weight is 330 g/mol. The Bertz CT molecular complexity index is 679. The molecule has 0 aromatic heterocycles. The van der Waals surface area contributed by atoms with Crippen LogP contribution < -0.4 is 4.74 Å². The summed E-state index contributed by atoms with van der Waals surface area (Å²) in [5.74, 6) is -0.180. The van der Waals surface area contributed by atoms with Crippen molar-refractivity contribution in [3.63, 3.8) is 0 Å². The molecule has 0 unspecified atom stereocenters. The molecule has 0 bridgehead atoms. The molecule has 0 atom stereocenters. The third-order valence-electron chi connectivity index (χ3n) is 2.77. The quantitative estimate of drug-likeness (QED) is 0.453. The molecule has 0 radical (unpaired) electrons. The van der Waals surface area contributed by atoms with Gasteiger partial charge in [-0.3, -0.25) is 10.1 Å². The van der Waals surface area contributed by atoms with E-state index in [1.165, 1.54) is 24.3 Å². The molecule has 2 aromatic carbocycles. The summed E-state index contributed by atoms with van der Waals surface area (Å²) in [5, 5.41) is 11.2. The zero-order chi connectivity index (χ0) is 15.4. The molecule has 2 rings (SSSR count). The third-order valence-corrected chi connectivity index (χ3v) is 3.43. The number of benzene rings is 2. The summed E-state index contributed by atoms with van der Waals surface area (Å²) in [6.45, 7) is 0.000174. The molecule has 0 saturated carbocycles. The number of hydrogen-bond acceptors (Lipinski definition) is 3. The molecule has 0 heterocycles. The molecule has 0 aliphatic carbocycles. The van der Waals surface area contributed by atoms with Gasteiger partial charge in [0.05, 0.1) is 9.95 Å². The molecule has 4 nitrogen and oxygen atoms in total. The van der Waals surface area contributed by atoms with Crippen LogP contribution in [-0.4, -0.2) is 4.92 Å². The molecule has 0 spiro atoms. The predicted octanol–water partition coefficient (Wildman–Crippen LogP) is 4.71. The van der Waals surface area contributed by atoms with Crippen LogP contribution in [0.1, 0.15) is 11.1 Å². The summed E-state index contributed by atoms with van der Waals surface area (Å²) in [5.41, 5.74) is 0.982. The third kappa shape index (κ3) is 3.83. The Kier molecular flexibility index (Phi) is 4.98. The highest BCUT2D eigenvalue weighted by Gasteiger charge is 2.16. The predicted molar refractivity (Wildman–Crippen MR) is 78.4 cm³/mol. The van der Waals surface area contributed by atoms with Crippen LogP contribution >= 0.6 is 23.2 Å². The highest BCUT2D eigenvalue weighted by molar-refractivity contribution is 6.31. The van der Waals surface area contributed by atoms with Gasteiger partial charge in [0.15, 0.2) is 5.75 Å². The van der Waals surface area contributed by atoms with E-state index in [-0.39, 0.29) is 28.9 Å². The Morgan fingerprint density at radius 1 is 1.24 bits per heavy atom. The highest BCUT2D eigenvalue weighted by Crippen LogP contribution is 2.30. The molecular weight excluding hydrogens is 320 g/mol. The van der Waals surface area contributed by atoms with Crippen molar-refractivity contribution in [3.8, 4) is 5.75 Å². The number of nitro benzene ring substituents is 1. The van der Waals surface area contributed by atoms with E-state index in [0.717, 1.165) is 6.07 Å². The SMILES string of the molecule is O=[N+]([O-])c1cc(CCl)ccc1OCc1ccc(F)cc1Cl. The van der Waals surface area contributed by atoms with Gasteiger partial charge >= 0.3 is 5.69 Å². The van der Waals surface area contributed by atoms with Crippen molar-refractivity contribution in [2.24, 2.45) is 0 Å². The Morgan fingerprint density at radius 3 is 2.62 bits per heavy atom. The van der Waals surface area contributed by atoms with Gasteiger partial charge in [-0.2, -0.15) is 0 Å². The van der Waals surface area contributed by atoms with Gasteiger partial charge in [-0.15, -0.1) is 11.6 Å². The molecular formula is C14H10Cl2FNO3. The second kappa shape index (κ2) is 6.74. The van der Waals surface area contributed by atoms with E-state index >= 15 is 0 Å². The number of nitro groups is 1. The second-order valence-corrected chi connectivity index (χ2v) is 4.89. The molecule has 2 aromatic rings. The van der Waals surface area contributed by atoms with Gasteiger partial charge in [-0.1, -0.05) is 23.7 Å². The molecule has 0 fully saturated rings. The standard InChI is InChI=1S/C14H10Cl2FNO3/c15-7-9-1-4-14(13(5-9)18(19)20)21-8-10-2-3-11(17)6-12(10)16/h1-6H,7-8H2. The molecule has 7 heteroatoms. The fourth-order valence-electron chi connectivity index (χ4n) is 1.71. The van der Waals surface area contributed by atoms with E-state index < -0.39 is 10.7 Å². The van der Waals surface area contributed by atoms with E-state index in [1.807, 2.05) is 0 Å². The van der Waals surface area contributed by atoms with Gasteiger partial charge in [0, 0.05) is 17.5 Å². The first-order valence-electron chi connectivity index (χ1n) is 5.91. The van der Waals surface area contributed by atoms with E-state index in [1.54, 1.807) is 6.07 Å². The van der Waals surface area contributed by atoms with E-state index in [4.69, 9.17) is 27.9 Å². The summed E-state index contributed by atoms with van der Waals surface area (Å²) in [4.78, 5) is 10.5. The van der Waals surface area contributed by atoms with Gasteiger partial charge in [-0.05, 0) is 23.8 Å². The van der Waals surface area contributed by atoms with Crippen LogP contribution in [0, 0.1) is 15.9 Å². The number of alkyl halides is 1. The van der Waals surface area contributed by atoms with Gasteiger partial charge in [0.1, 0.15) is 12.4 Å². The average Bonchev–Trinajstić information content (AvgIpc) is 2.46. The summed E-state index contributed by atoms with van der Waals surface area (Å²) in [7, 11) is 0. The number of hydrogen-bond donors (Lipinski definition) is 0. The fraction of sp³-hybridized carbons (Fsp3) is 0.143. The maximum absolute atomic E-state index is 12.9. The van der Waals surface area contributed by atoms with Crippen molar-refractivity contribution >= 4 is 28.9 Å². The highest BCUT2D eigenvalue weighted by atomic mass is 35.5. The minimum Gasteiger partial charge on any atom is -0.482 e. The minimum absolute atomic E-state index is 0.000174. The molecule has 0 saturated heterocycles. The van der Waals surface area contributed by atoms with Crippen LogP contribution in [-0.2, 0) is 12.5 Å². The van der Waals surface area contributed by atoms with Crippen molar-refractivity contribution in [2.75, 3.05) is 0 Å². The summed E-state index contributed by atoms with van der Waals surface area (Å²) in [6, 6.07) is 8.35. The van der Waals surface area contributed by atoms with Crippen LogP contribution in [0.25, 0.3) is 0 Å². The molecule has 0 aliphatic heterocycles. The Labute approximate surface area is 130 Å². The Balaban J connectivity index is 2.21. The number of ether oxygens (including phenoxy) is 1. The smallest absolute Gasteiger partial charge is 0.311 e. The van der Waals surface area contributed by atoms with Crippen molar-refractivity contribution in [3.05, 3.63) is 68.5 Å². The molecule has 21 heavy (non-hydrogen) atoms. The second-order valence-electron chi connectivity index (χ2n) is 4.22. The van der Waals surface area contributed by atoms with E-state index in [0.29, 0.717) is 11.1 Å². The Morgan fingerprint density at radius 2 is 2.00 bits per heavy atom. The Hall–Kier alpha value is -1.85. The van der Waals surface area contributed by atoms with Crippen molar-refractivity contribution < 1.29 is 14.1 Å². The van der Waals surface area contributed by atoms with Crippen LogP contribution in [0.5, 0.6) is 5.75 Å². The zero-order valence-electron chi connectivity index (χ0n) is 10.7. The van der Waals surface area contributed by atoms with E-state index in [9.17, 15) is 14.5 Å². The van der Waals surface area contributed by atoms with Crippen molar-refractivity contribution in [1.29, 1.82) is 0 Å². The fourth-order valence-corrected chi connectivity index (χ4v) is 2.09.